The highest BCUT2D eigenvalue weighted by molar-refractivity contribution is 6.35. The van der Waals surface area contributed by atoms with E-state index in [1.807, 2.05) is 24.3 Å². The smallest absolute Gasteiger partial charge is 0.244 e. The minimum Gasteiger partial charge on any atom is -0.353 e. The van der Waals surface area contributed by atoms with E-state index in [2.05, 4.69) is 25.8 Å². The second kappa shape index (κ2) is 8.34. The van der Waals surface area contributed by atoms with Crippen LogP contribution in [0.15, 0.2) is 48.7 Å². The summed E-state index contributed by atoms with van der Waals surface area (Å²) < 4.78 is 0. The first-order valence-electron chi connectivity index (χ1n) is 7.50. The van der Waals surface area contributed by atoms with Gasteiger partial charge in [-0.1, -0.05) is 40.9 Å². The van der Waals surface area contributed by atoms with Crippen molar-refractivity contribution in [3.8, 4) is 0 Å². The zero-order valence-corrected chi connectivity index (χ0v) is 15.3. The molecule has 0 atom stereocenters. The maximum atomic E-state index is 6.16. The molecule has 2 aromatic carbocycles. The molecule has 0 aliphatic rings. The minimum absolute atomic E-state index is 0.434. The van der Waals surface area contributed by atoms with Gasteiger partial charge in [0.25, 0.3) is 0 Å². The summed E-state index contributed by atoms with van der Waals surface area (Å²) in [6.45, 7) is 0.618. The van der Waals surface area contributed by atoms with E-state index in [1.54, 1.807) is 24.4 Å². The van der Waals surface area contributed by atoms with Crippen LogP contribution in [0.4, 0.5) is 17.5 Å². The van der Waals surface area contributed by atoms with Gasteiger partial charge in [-0.15, -0.1) is 5.10 Å². The van der Waals surface area contributed by atoms with Gasteiger partial charge in [-0.3, -0.25) is 0 Å². The molecule has 0 saturated heterocycles. The number of benzene rings is 2. The third-order valence-corrected chi connectivity index (χ3v) is 4.21. The molecule has 0 amide bonds. The Morgan fingerprint density at radius 1 is 0.920 bits per heavy atom. The number of halogens is 3. The Labute approximate surface area is 160 Å². The quantitative estimate of drug-likeness (QED) is 0.599. The molecule has 1 aromatic heterocycles. The van der Waals surface area contributed by atoms with Gasteiger partial charge in [0.1, 0.15) is 0 Å². The molecule has 0 fully saturated rings. The number of nitrogens with one attached hydrogen (secondary N) is 2. The molecule has 0 spiro atoms. The number of hydrogen-bond donors (Lipinski definition) is 2. The molecule has 25 heavy (non-hydrogen) atoms. The fraction of sp³-hybridized carbons (Fsp3) is 0.118. The number of rotatable bonds is 6. The second-order valence-electron chi connectivity index (χ2n) is 5.21. The average Bonchev–Trinajstić information content (AvgIpc) is 2.59. The lowest BCUT2D eigenvalue weighted by Crippen LogP contribution is -2.10. The number of aromatic nitrogens is 3. The van der Waals surface area contributed by atoms with Crippen molar-refractivity contribution >= 4 is 52.3 Å². The topological polar surface area (TPSA) is 62.7 Å². The van der Waals surface area contributed by atoms with E-state index >= 15 is 0 Å². The van der Waals surface area contributed by atoms with Crippen molar-refractivity contribution in [3.63, 3.8) is 0 Å². The summed E-state index contributed by atoms with van der Waals surface area (Å²) in [6.07, 6.45) is 2.27. The van der Waals surface area contributed by atoms with Gasteiger partial charge < -0.3 is 10.6 Å². The highest BCUT2D eigenvalue weighted by Gasteiger charge is 2.04. The number of nitrogens with zero attached hydrogens (tertiary/aromatic N) is 3. The van der Waals surface area contributed by atoms with Crippen LogP contribution in [-0.4, -0.2) is 21.7 Å². The largest absolute Gasteiger partial charge is 0.353 e. The van der Waals surface area contributed by atoms with Crippen LogP contribution in [0, 0.1) is 0 Å². The normalized spacial score (nSPS) is 10.5. The maximum Gasteiger partial charge on any atom is 0.244 e. The third-order valence-electron chi connectivity index (χ3n) is 3.37. The van der Waals surface area contributed by atoms with Crippen molar-refractivity contribution in [2.45, 2.75) is 6.42 Å². The first-order valence-corrected chi connectivity index (χ1v) is 8.64. The summed E-state index contributed by atoms with van der Waals surface area (Å²) in [5.74, 6) is 1.02. The van der Waals surface area contributed by atoms with Crippen LogP contribution in [0.1, 0.15) is 5.56 Å². The van der Waals surface area contributed by atoms with Crippen molar-refractivity contribution < 1.29 is 0 Å². The first kappa shape index (κ1) is 17.7. The average molecular weight is 395 g/mol. The minimum atomic E-state index is 0.434. The molecular formula is C17H14Cl3N5. The zero-order chi connectivity index (χ0) is 17.6. The molecule has 0 aliphatic carbocycles. The van der Waals surface area contributed by atoms with Gasteiger partial charge >= 0.3 is 0 Å². The lowest BCUT2D eigenvalue weighted by atomic mass is 10.1. The molecule has 2 N–H and O–H groups in total. The molecule has 0 bridgehead atoms. The molecule has 5 nitrogen and oxygen atoms in total. The van der Waals surface area contributed by atoms with Crippen molar-refractivity contribution in [1.29, 1.82) is 0 Å². The van der Waals surface area contributed by atoms with Crippen LogP contribution in [0.2, 0.25) is 15.1 Å². The summed E-state index contributed by atoms with van der Waals surface area (Å²) >= 11 is 17.9. The van der Waals surface area contributed by atoms with Crippen LogP contribution >= 0.6 is 34.8 Å². The van der Waals surface area contributed by atoms with Crippen LogP contribution in [-0.2, 0) is 6.42 Å². The lowest BCUT2D eigenvalue weighted by molar-refractivity contribution is 0.929. The molecular weight excluding hydrogens is 381 g/mol. The van der Waals surface area contributed by atoms with Gasteiger partial charge in [-0.25, -0.2) is 0 Å². The van der Waals surface area contributed by atoms with Crippen LogP contribution < -0.4 is 10.6 Å². The number of anilines is 3. The fourth-order valence-electron chi connectivity index (χ4n) is 2.15. The molecule has 8 heteroatoms. The van der Waals surface area contributed by atoms with Gasteiger partial charge in [0.05, 0.1) is 6.20 Å². The highest BCUT2D eigenvalue weighted by Crippen LogP contribution is 2.21. The van der Waals surface area contributed by atoms with Gasteiger partial charge in [-0.05, 0) is 48.4 Å². The molecule has 0 aliphatic heterocycles. The Hall–Kier alpha value is -2.08. The van der Waals surface area contributed by atoms with Gasteiger partial charge in [0.15, 0.2) is 5.82 Å². The van der Waals surface area contributed by atoms with Crippen LogP contribution in [0.3, 0.4) is 0 Å². The van der Waals surface area contributed by atoms with E-state index < -0.39 is 0 Å². The lowest BCUT2D eigenvalue weighted by Gasteiger charge is -2.08. The summed E-state index contributed by atoms with van der Waals surface area (Å²) in [7, 11) is 0. The predicted molar refractivity (Wildman–Crippen MR) is 103 cm³/mol. The molecule has 0 radical (unpaired) electrons. The van der Waals surface area contributed by atoms with E-state index in [0.717, 1.165) is 11.3 Å². The van der Waals surface area contributed by atoms with Gasteiger partial charge in [-0.2, -0.15) is 10.1 Å². The molecule has 128 valence electrons. The summed E-state index contributed by atoms with van der Waals surface area (Å²) in [6, 6.07) is 12.8. The second-order valence-corrected chi connectivity index (χ2v) is 6.49. The summed E-state index contributed by atoms with van der Waals surface area (Å²) in [5.41, 5.74) is 1.87. The van der Waals surface area contributed by atoms with E-state index in [0.29, 0.717) is 39.8 Å². The van der Waals surface area contributed by atoms with E-state index in [-0.39, 0.29) is 0 Å². The third kappa shape index (κ3) is 5.19. The van der Waals surface area contributed by atoms with E-state index in [9.17, 15) is 0 Å². The fourth-order valence-corrected chi connectivity index (χ4v) is 2.78. The predicted octanol–water partition coefficient (Wildman–Crippen LogP) is 5.23. The molecule has 3 rings (SSSR count). The Kier molecular flexibility index (Phi) is 5.91. The summed E-state index contributed by atoms with van der Waals surface area (Å²) in [5, 5.41) is 16.1. The zero-order valence-electron chi connectivity index (χ0n) is 13.0. The monoisotopic (exact) mass is 393 g/mol. The van der Waals surface area contributed by atoms with Gasteiger partial charge in [0, 0.05) is 27.3 Å². The Balaban J connectivity index is 1.59. The molecule has 0 saturated carbocycles. The standard InChI is InChI=1S/C17H14Cl3N5/c18-12-3-5-14(6-4-12)23-16-10-22-25-17(24-16)21-8-7-11-1-2-13(19)9-15(11)20/h1-6,9-10H,7-8H2,(H2,21,23,24,25). The SMILES string of the molecule is Clc1ccc(Nc2cnnc(NCCc3ccc(Cl)cc3Cl)n2)cc1. The first-order chi connectivity index (χ1) is 12.1. The van der Waals surface area contributed by atoms with Gasteiger partial charge in [0.2, 0.25) is 5.95 Å². The van der Waals surface area contributed by atoms with Crippen molar-refractivity contribution in [3.05, 3.63) is 69.3 Å². The van der Waals surface area contributed by atoms with Crippen molar-refractivity contribution in [1.82, 2.24) is 15.2 Å². The van der Waals surface area contributed by atoms with E-state index in [4.69, 9.17) is 34.8 Å². The Morgan fingerprint density at radius 2 is 1.68 bits per heavy atom. The number of hydrogen-bond acceptors (Lipinski definition) is 5. The highest BCUT2D eigenvalue weighted by atomic mass is 35.5. The van der Waals surface area contributed by atoms with Crippen molar-refractivity contribution in [2.75, 3.05) is 17.2 Å². The van der Waals surface area contributed by atoms with Crippen LogP contribution in [0.5, 0.6) is 0 Å². The Morgan fingerprint density at radius 3 is 2.44 bits per heavy atom. The maximum absolute atomic E-state index is 6.16. The van der Waals surface area contributed by atoms with Crippen LogP contribution in [0.25, 0.3) is 0 Å². The molecule has 3 aromatic rings. The van der Waals surface area contributed by atoms with Crippen molar-refractivity contribution in [2.24, 2.45) is 0 Å². The summed E-state index contributed by atoms with van der Waals surface area (Å²) in [4.78, 5) is 4.38. The Bertz CT molecular complexity index is 855. The van der Waals surface area contributed by atoms with E-state index in [1.165, 1.54) is 0 Å². The molecule has 0 unspecified atom stereocenters. The molecule has 1 heterocycles.